The lowest BCUT2D eigenvalue weighted by molar-refractivity contribution is -0.121. The molecule has 1 aromatic rings. The fourth-order valence-electron chi connectivity index (χ4n) is 3.46. The number of carbonyl (C=O) groups is 2. The number of ketones is 1. The number of hydrogen-bond acceptors (Lipinski definition) is 7. The van der Waals surface area contributed by atoms with Gasteiger partial charge in [0.2, 0.25) is 5.89 Å². The Bertz CT molecular complexity index is 666. The lowest BCUT2D eigenvalue weighted by atomic mass is 9.80. The van der Waals surface area contributed by atoms with Crippen molar-refractivity contribution in [1.82, 2.24) is 15.0 Å². The smallest absolute Gasteiger partial charge is 0.411 e. The average molecular weight is 365 g/mol. The van der Waals surface area contributed by atoms with Crippen LogP contribution in [0.2, 0.25) is 0 Å². The second-order valence-corrected chi connectivity index (χ2v) is 8.12. The molecule has 0 N–H and O–H groups in total. The first-order valence-corrected chi connectivity index (χ1v) is 9.17. The maximum Gasteiger partial charge on any atom is 0.411 e. The topological polar surface area (TPSA) is 94.8 Å². The third-order valence-corrected chi connectivity index (χ3v) is 4.80. The lowest BCUT2D eigenvalue weighted by Gasteiger charge is -2.34. The molecule has 1 aromatic heterocycles. The molecule has 144 valence electrons. The van der Waals surface area contributed by atoms with Gasteiger partial charge >= 0.3 is 6.09 Å². The van der Waals surface area contributed by atoms with E-state index in [2.05, 4.69) is 10.1 Å². The maximum atomic E-state index is 12.5. The Morgan fingerprint density at radius 2 is 2.12 bits per heavy atom. The van der Waals surface area contributed by atoms with Crippen molar-refractivity contribution in [3.63, 3.8) is 0 Å². The molecule has 26 heavy (non-hydrogen) atoms. The minimum Gasteiger partial charge on any atom is -0.444 e. The SMILES string of the molecule is C[C@@H]1CC(=O)CC[C@H]1c1nc([C@@H]2COCCN2C(=O)OC(C)(C)C)no1. The predicted molar refractivity (Wildman–Crippen MR) is 91.6 cm³/mol. The maximum absolute atomic E-state index is 12.5. The van der Waals surface area contributed by atoms with Crippen molar-refractivity contribution in [2.45, 2.75) is 64.5 Å². The van der Waals surface area contributed by atoms with E-state index in [-0.39, 0.29) is 17.6 Å². The highest BCUT2D eigenvalue weighted by Gasteiger charge is 2.37. The number of amides is 1. The summed E-state index contributed by atoms with van der Waals surface area (Å²) in [6.45, 7) is 8.69. The number of ether oxygens (including phenoxy) is 2. The molecule has 2 heterocycles. The van der Waals surface area contributed by atoms with E-state index in [0.717, 1.165) is 6.42 Å². The van der Waals surface area contributed by atoms with Gasteiger partial charge in [-0.05, 0) is 33.1 Å². The van der Waals surface area contributed by atoms with Crippen molar-refractivity contribution in [1.29, 1.82) is 0 Å². The Morgan fingerprint density at radius 3 is 2.81 bits per heavy atom. The van der Waals surface area contributed by atoms with Gasteiger partial charge in [0, 0.05) is 25.3 Å². The molecule has 1 saturated heterocycles. The molecule has 1 amide bonds. The molecule has 1 aliphatic heterocycles. The van der Waals surface area contributed by atoms with Crippen LogP contribution in [0.3, 0.4) is 0 Å². The zero-order valence-electron chi connectivity index (χ0n) is 15.9. The van der Waals surface area contributed by atoms with Crippen molar-refractivity contribution in [3.8, 4) is 0 Å². The Balaban J connectivity index is 1.75. The molecule has 1 saturated carbocycles. The number of nitrogens with zero attached hydrogens (tertiary/aromatic N) is 3. The Morgan fingerprint density at radius 1 is 1.35 bits per heavy atom. The minimum atomic E-state index is -0.577. The van der Waals surface area contributed by atoms with Gasteiger partial charge < -0.3 is 14.0 Å². The van der Waals surface area contributed by atoms with E-state index in [1.807, 2.05) is 27.7 Å². The number of Topliss-reactive ketones (excluding diaryl/α,β-unsaturated/α-hetero) is 1. The van der Waals surface area contributed by atoms with E-state index in [4.69, 9.17) is 14.0 Å². The summed E-state index contributed by atoms with van der Waals surface area (Å²) < 4.78 is 16.5. The highest BCUT2D eigenvalue weighted by molar-refractivity contribution is 5.79. The van der Waals surface area contributed by atoms with Gasteiger partial charge in [0.25, 0.3) is 0 Å². The molecule has 2 fully saturated rings. The molecule has 8 heteroatoms. The summed E-state index contributed by atoms with van der Waals surface area (Å²) in [6, 6.07) is -0.434. The molecule has 0 aromatic carbocycles. The summed E-state index contributed by atoms with van der Waals surface area (Å²) >= 11 is 0. The Kier molecular flexibility index (Phi) is 5.32. The van der Waals surface area contributed by atoms with Gasteiger partial charge in [0.1, 0.15) is 17.4 Å². The quantitative estimate of drug-likeness (QED) is 0.795. The van der Waals surface area contributed by atoms with Crippen molar-refractivity contribution >= 4 is 11.9 Å². The zero-order chi connectivity index (χ0) is 18.9. The predicted octanol–water partition coefficient (Wildman–Crippen LogP) is 2.85. The van der Waals surface area contributed by atoms with Gasteiger partial charge in [0.05, 0.1) is 13.2 Å². The molecule has 1 aliphatic carbocycles. The van der Waals surface area contributed by atoms with Crippen molar-refractivity contribution in [2.75, 3.05) is 19.8 Å². The summed E-state index contributed by atoms with van der Waals surface area (Å²) in [4.78, 5) is 30.3. The molecule has 0 spiro atoms. The van der Waals surface area contributed by atoms with Gasteiger partial charge in [0.15, 0.2) is 5.82 Å². The number of rotatable bonds is 2. The van der Waals surface area contributed by atoms with E-state index in [1.165, 1.54) is 0 Å². The lowest BCUT2D eigenvalue weighted by Crippen LogP contribution is -2.46. The van der Waals surface area contributed by atoms with Crippen LogP contribution in [0.5, 0.6) is 0 Å². The Labute approximate surface area is 153 Å². The van der Waals surface area contributed by atoms with Crippen LogP contribution in [-0.2, 0) is 14.3 Å². The highest BCUT2D eigenvalue weighted by atomic mass is 16.6. The molecule has 2 aliphatic rings. The Hall–Kier alpha value is -1.96. The summed E-state index contributed by atoms with van der Waals surface area (Å²) in [5.74, 6) is 1.50. The third-order valence-electron chi connectivity index (χ3n) is 4.80. The van der Waals surface area contributed by atoms with Crippen molar-refractivity contribution < 1.29 is 23.6 Å². The first kappa shape index (κ1) is 18.8. The summed E-state index contributed by atoms with van der Waals surface area (Å²) in [5.41, 5.74) is -0.577. The largest absolute Gasteiger partial charge is 0.444 e. The summed E-state index contributed by atoms with van der Waals surface area (Å²) in [6.07, 6.45) is 1.40. The third kappa shape index (κ3) is 4.23. The number of morpholine rings is 1. The highest BCUT2D eigenvalue weighted by Crippen LogP contribution is 2.36. The van der Waals surface area contributed by atoms with Crippen LogP contribution < -0.4 is 0 Å². The van der Waals surface area contributed by atoms with E-state index in [9.17, 15) is 9.59 Å². The van der Waals surface area contributed by atoms with E-state index in [0.29, 0.717) is 44.3 Å². The molecular weight excluding hydrogens is 338 g/mol. The van der Waals surface area contributed by atoms with Crippen LogP contribution in [0.15, 0.2) is 4.52 Å². The van der Waals surface area contributed by atoms with Crippen molar-refractivity contribution in [2.24, 2.45) is 5.92 Å². The first-order chi connectivity index (χ1) is 12.2. The molecule has 3 rings (SSSR count). The normalized spacial score (nSPS) is 27.5. The monoisotopic (exact) mass is 365 g/mol. The van der Waals surface area contributed by atoms with Crippen molar-refractivity contribution in [3.05, 3.63) is 11.7 Å². The second-order valence-electron chi connectivity index (χ2n) is 8.12. The zero-order valence-corrected chi connectivity index (χ0v) is 15.9. The van der Waals surface area contributed by atoms with Gasteiger partial charge in [-0.1, -0.05) is 12.1 Å². The van der Waals surface area contributed by atoms with Gasteiger partial charge in [-0.2, -0.15) is 4.98 Å². The molecule has 0 bridgehead atoms. The minimum absolute atomic E-state index is 0.0773. The fraction of sp³-hybridized carbons (Fsp3) is 0.778. The molecule has 0 radical (unpaired) electrons. The standard InChI is InChI=1S/C18H27N3O5/c1-11-9-12(22)5-6-13(11)16-19-15(20-26-16)14-10-24-8-7-21(14)17(23)25-18(2,3)4/h11,13-14H,5-10H2,1-4H3/t11-,13-,14+/m1/s1. The average Bonchev–Trinajstić information content (AvgIpc) is 3.03. The number of hydrogen-bond donors (Lipinski definition) is 0. The number of carbonyl (C=O) groups excluding carboxylic acids is 2. The van der Waals surface area contributed by atoms with Gasteiger partial charge in [-0.25, -0.2) is 4.79 Å². The second kappa shape index (κ2) is 7.34. The van der Waals surface area contributed by atoms with Crippen LogP contribution in [-0.4, -0.2) is 52.3 Å². The van der Waals surface area contributed by atoms with Crippen LogP contribution in [0.25, 0.3) is 0 Å². The van der Waals surface area contributed by atoms with E-state index in [1.54, 1.807) is 4.90 Å². The fourth-order valence-corrected chi connectivity index (χ4v) is 3.46. The van der Waals surface area contributed by atoms with Crippen LogP contribution in [0, 0.1) is 5.92 Å². The van der Waals surface area contributed by atoms with E-state index < -0.39 is 17.7 Å². The summed E-state index contributed by atoms with van der Waals surface area (Å²) in [5, 5.41) is 4.10. The first-order valence-electron chi connectivity index (χ1n) is 9.17. The molecule has 0 unspecified atom stereocenters. The van der Waals surface area contributed by atoms with Crippen LogP contribution in [0.1, 0.15) is 70.6 Å². The van der Waals surface area contributed by atoms with Gasteiger partial charge in [-0.3, -0.25) is 9.69 Å². The molecule has 3 atom stereocenters. The molecule has 8 nitrogen and oxygen atoms in total. The van der Waals surface area contributed by atoms with Crippen LogP contribution in [0.4, 0.5) is 4.79 Å². The summed E-state index contributed by atoms with van der Waals surface area (Å²) in [7, 11) is 0. The number of aromatic nitrogens is 2. The van der Waals surface area contributed by atoms with E-state index >= 15 is 0 Å². The van der Waals surface area contributed by atoms with Crippen LogP contribution >= 0.6 is 0 Å². The molecular formula is C18H27N3O5. The van der Waals surface area contributed by atoms with Gasteiger partial charge in [-0.15, -0.1) is 0 Å².